The molecule has 40 heavy (non-hydrogen) atoms. The summed E-state index contributed by atoms with van der Waals surface area (Å²) >= 11 is 0. The molecule has 0 radical (unpaired) electrons. The Morgan fingerprint density at radius 1 is 0.925 bits per heavy atom. The molecular weight excluding hydrogens is 502 g/mol. The van der Waals surface area contributed by atoms with Crippen molar-refractivity contribution >= 4 is 55.6 Å². The molecule has 1 unspecified atom stereocenters. The number of benzene rings is 3. The molecule has 8 nitrogen and oxygen atoms in total. The van der Waals surface area contributed by atoms with E-state index < -0.39 is 6.09 Å². The molecule has 2 N–H and O–H groups in total. The molecule has 0 fully saturated rings. The third kappa shape index (κ3) is 3.35. The lowest BCUT2D eigenvalue weighted by Gasteiger charge is -2.18. The largest absolute Gasteiger partial charge is 0.449 e. The van der Waals surface area contributed by atoms with E-state index in [0.29, 0.717) is 32.6 Å². The van der Waals surface area contributed by atoms with E-state index in [1.165, 1.54) is 0 Å². The normalized spacial score (nSPS) is 16.1. The number of hydrogen-bond acceptors (Lipinski definition) is 4. The van der Waals surface area contributed by atoms with Crippen LogP contribution in [0.25, 0.3) is 43.6 Å². The van der Waals surface area contributed by atoms with Gasteiger partial charge in [-0.2, -0.15) is 0 Å². The molecule has 1 atom stereocenters. The van der Waals surface area contributed by atoms with Gasteiger partial charge in [-0.3, -0.25) is 9.78 Å². The highest BCUT2D eigenvalue weighted by Crippen LogP contribution is 2.46. The molecule has 8 heteroatoms. The summed E-state index contributed by atoms with van der Waals surface area (Å²) in [5.74, 6) is 0.0266. The molecule has 2 aliphatic rings. The van der Waals surface area contributed by atoms with Crippen molar-refractivity contribution in [1.29, 1.82) is 0 Å². The Hall–Kier alpha value is -4.85. The number of carbonyl (C=O) groups excluding carboxylic acids is 2. The molecule has 6 aromatic rings. The number of fused-ring (bicyclic) bond motifs is 9. The zero-order chi connectivity index (χ0) is 26.8. The van der Waals surface area contributed by atoms with Gasteiger partial charge in [-0.25, -0.2) is 4.79 Å². The van der Waals surface area contributed by atoms with Gasteiger partial charge in [0.15, 0.2) is 0 Å². The van der Waals surface area contributed by atoms with Gasteiger partial charge in [0.1, 0.15) is 0 Å². The zero-order valence-corrected chi connectivity index (χ0v) is 21.8. The number of nitrogens with one attached hydrogen (secondary N) is 2. The van der Waals surface area contributed by atoms with Crippen LogP contribution in [0.5, 0.6) is 0 Å². The second-order valence-corrected chi connectivity index (χ2v) is 10.7. The van der Waals surface area contributed by atoms with Crippen molar-refractivity contribution in [3.8, 4) is 0 Å². The molecule has 198 valence electrons. The fraction of sp³-hybridized carbons (Fsp3) is 0.219. The lowest BCUT2D eigenvalue weighted by molar-refractivity contribution is 0.0967. The monoisotopic (exact) mass is 529 g/mol. The molecule has 2 amide bonds. The Balaban J connectivity index is 1.21. The minimum Gasteiger partial charge on any atom is -0.449 e. The summed E-state index contributed by atoms with van der Waals surface area (Å²) in [7, 11) is 0. The number of carbonyl (C=O) groups is 2. The number of amides is 2. The van der Waals surface area contributed by atoms with Gasteiger partial charge in [-0.1, -0.05) is 42.5 Å². The summed E-state index contributed by atoms with van der Waals surface area (Å²) in [6.07, 6.45) is 1.98. The standard InChI is InChI=1S/C32H27N5O3/c38-31-28-23(15-35-31)26-21-8-1-3-10-24(21)36-16-19(18-40-32(39)34-14-12-20-7-5-6-13-33-20)17-37-25-11-4-2-9-22(25)27(28)30(37)29(26)36/h1-11,13,19H,12,14-18H2,(H,34,39)(H,35,38). The summed E-state index contributed by atoms with van der Waals surface area (Å²) in [4.78, 5) is 30.2. The SMILES string of the molecule is O=C(NCCc1ccccn1)OCC1Cn2c3ccccc3c3c4c(c5c6ccccc6n(c5c32)C1)C(=O)NC4. The van der Waals surface area contributed by atoms with Gasteiger partial charge in [0.25, 0.3) is 5.91 Å². The maximum Gasteiger partial charge on any atom is 0.407 e. The van der Waals surface area contributed by atoms with Crippen LogP contribution in [0.4, 0.5) is 4.79 Å². The summed E-state index contributed by atoms with van der Waals surface area (Å²) in [6, 6.07) is 22.5. The molecule has 0 saturated heterocycles. The van der Waals surface area contributed by atoms with Crippen LogP contribution >= 0.6 is 0 Å². The average Bonchev–Trinajstić information content (AvgIpc) is 3.58. The first-order valence-corrected chi connectivity index (χ1v) is 13.7. The van der Waals surface area contributed by atoms with Crippen LogP contribution < -0.4 is 10.6 Å². The highest BCUT2D eigenvalue weighted by molar-refractivity contribution is 6.30. The minimum atomic E-state index is -0.418. The highest BCUT2D eigenvalue weighted by atomic mass is 16.5. The first-order valence-electron chi connectivity index (χ1n) is 13.7. The highest BCUT2D eigenvalue weighted by Gasteiger charge is 2.34. The van der Waals surface area contributed by atoms with Crippen LogP contribution in [0.2, 0.25) is 0 Å². The summed E-state index contributed by atoms with van der Waals surface area (Å²) in [6.45, 7) is 2.66. The van der Waals surface area contributed by atoms with Crippen molar-refractivity contribution < 1.29 is 14.3 Å². The molecule has 0 spiro atoms. The minimum absolute atomic E-state index is 0.0110. The van der Waals surface area contributed by atoms with Crippen molar-refractivity contribution in [1.82, 2.24) is 24.8 Å². The van der Waals surface area contributed by atoms with Gasteiger partial charge < -0.3 is 24.5 Å². The molecule has 0 bridgehead atoms. The number of pyridine rings is 1. The van der Waals surface area contributed by atoms with E-state index in [9.17, 15) is 9.59 Å². The van der Waals surface area contributed by atoms with E-state index in [2.05, 4.69) is 61.1 Å². The summed E-state index contributed by atoms with van der Waals surface area (Å²) in [5.41, 5.74) is 7.27. The van der Waals surface area contributed by atoms with E-state index >= 15 is 0 Å². The molecule has 0 saturated carbocycles. The maximum atomic E-state index is 13.2. The Morgan fingerprint density at radius 3 is 2.33 bits per heavy atom. The number of rotatable bonds is 5. The van der Waals surface area contributed by atoms with Crippen molar-refractivity contribution in [2.24, 2.45) is 5.92 Å². The maximum absolute atomic E-state index is 13.2. The number of para-hydroxylation sites is 2. The van der Waals surface area contributed by atoms with E-state index in [0.717, 1.165) is 60.4 Å². The fourth-order valence-corrected chi connectivity index (χ4v) is 6.76. The molecule has 3 aromatic heterocycles. The summed E-state index contributed by atoms with van der Waals surface area (Å²) in [5, 5.41) is 10.4. The Labute approximate surface area is 229 Å². The Kier molecular flexibility index (Phi) is 5.10. The smallest absolute Gasteiger partial charge is 0.407 e. The average molecular weight is 530 g/mol. The lowest BCUT2D eigenvalue weighted by atomic mass is 9.97. The van der Waals surface area contributed by atoms with Gasteiger partial charge >= 0.3 is 6.09 Å². The quantitative estimate of drug-likeness (QED) is 0.324. The topological polar surface area (TPSA) is 90.2 Å². The van der Waals surface area contributed by atoms with E-state index in [1.807, 2.05) is 30.3 Å². The third-order valence-electron chi connectivity index (χ3n) is 8.38. The second kappa shape index (κ2) is 8.84. The van der Waals surface area contributed by atoms with Crippen molar-refractivity contribution in [3.63, 3.8) is 0 Å². The number of alkyl carbamates (subject to hydrolysis) is 1. The first-order chi connectivity index (χ1) is 19.7. The van der Waals surface area contributed by atoms with Gasteiger partial charge in [-0.15, -0.1) is 0 Å². The van der Waals surface area contributed by atoms with Crippen molar-refractivity contribution in [2.45, 2.75) is 26.1 Å². The van der Waals surface area contributed by atoms with Crippen molar-refractivity contribution in [3.05, 3.63) is 89.7 Å². The molecule has 8 rings (SSSR count). The molecular formula is C32H27N5O3. The number of ether oxygens (including phenoxy) is 1. The van der Waals surface area contributed by atoms with Gasteiger partial charge in [0, 0.05) is 83.0 Å². The van der Waals surface area contributed by atoms with Crippen LogP contribution in [0.3, 0.4) is 0 Å². The molecule has 3 aromatic carbocycles. The Bertz CT molecular complexity index is 1990. The van der Waals surface area contributed by atoms with E-state index in [-0.39, 0.29) is 18.4 Å². The summed E-state index contributed by atoms with van der Waals surface area (Å²) < 4.78 is 10.5. The lowest BCUT2D eigenvalue weighted by Crippen LogP contribution is -2.30. The molecule has 0 aliphatic carbocycles. The molecule has 2 aliphatic heterocycles. The van der Waals surface area contributed by atoms with E-state index in [1.54, 1.807) is 6.20 Å². The first kappa shape index (κ1) is 23.1. The van der Waals surface area contributed by atoms with Crippen LogP contribution in [0.1, 0.15) is 21.6 Å². The fourth-order valence-electron chi connectivity index (χ4n) is 6.76. The predicted molar refractivity (Wildman–Crippen MR) is 154 cm³/mol. The number of aromatic nitrogens is 3. The van der Waals surface area contributed by atoms with Gasteiger partial charge in [-0.05, 0) is 29.8 Å². The van der Waals surface area contributed by atoms with Crippen LogP contribution in [0.15, 0.2) is 72.9 Å². The number of hydrogen-bond donors (Lipinski definition) is 2. The van der Waals surface area contributed by atoms with Gasteiger partial charge in [0.2, 0.25) is 0 Å². The predicted octanol–water partition coefficient (Wildman–Crippen LogP) is 5.14. The van der Waals surface area contributed by atoms with Crippen LogP contribution in [-0.4, -0.2) is 39.3 Å². The third-order valence-corrected chi connectivity index (χ3v) is 8.38. The number of nitrogens with zero attached hydrogens (tertiary/aromatic N) is 3. The van der Waals surface area contributed by atoms with Crippen molar-refractivity contribution in [2.75, 3.05) is 13.2 Å². The van der Waals surface area contributed by atoms with Crippen LogP contribution in [-0.2, 0) is 30.8 Å². The molecule has 5 heterocycles. The van der Waals surface area contributed by atoms with E-state index in [4.69, 9.17) is 4.74 Å². The zero-order valence-electron chi connectivity index (χ0n) is 21.8. The van der Waals surface area contributed by atoms with Crippen LogP contribution in [0, 0.1) is 5.92 Å². The second-order valence-electron chi connectivity index (χ2n) is 10.7. The Morgan fingerprint density at radius 2 is 1.60 bits per heavy atom. The van der Waals surface area contributed by atoms with Gasteiger partial charge in [0.05, 0.1) is 23.2 Å².